The van der Waals surface area contributed by atoms with Crippen molar-refractivity contribution in [3.8, 4) is 0 Å². The fraction of sp³-hybridized carbons (Fsp3) is 0.500. The van der Waals surface area contributed by atoms with Crippen LogP contribution in [0.15, 0.2) is 18.2 Å². The molecule has 0 aliphatic heterocycles. The highest BCUT2D eigenvalue weighted by atomic mass is 16.6. The Kier molecular flexibility index (Phi) is 4.70. The van der Waals surface area contributed by atoms with Gasteiger partial charge in [-0.25, -0.2) is 4.79 Å². The minimum atomic E-state index is -1.30. The van der Waals surface area contributed by atoms with Gasteiger partial charge in [-0.2, -0.15) is 0 Å². The molecule has 0 saturated carbocycles. The number of anilines is 1. The predicted octanol–water partition coefficient (Wildman–Crippen LogP) is 3.39. The number of hydrogen-bond donors (Lipinski definition) is 2. The number of nitrogens with zero attached hydrogens (tertiary/aromatic N) is 1. The van der Waals surface area contributed by atoms with Crippen LogP contribution in [0, 0.1) is 21.4 Å². The number of benzene rings is 1. The van der Waals surface area contributed by atoms with Crippen LogP contribution in [0.2, 0.25) is 0 Å². The van der Waals surface area contributed by atoms with Gasteiger partial charge in [-0.05, 0) is 23.5 Å². The number of nitro groups is 1. The molecular formula is C14H20N2O4. The van der Waals surface area contributed by atoms with Gasteiger partial charge in [0.2, 0.25) is 0 Å². The third-order valence-electron chi connectivity index (χ3n) is 3.52. The molecule has 1 atom stereocenters. The average Bonchev–Trinajstić information content (AvgIpc) is 2.34. The fourth-order valence-electron chi connectivity index (χ4n) is 1.55. The number of carboxylic acid groups (broad SMARTS) is 1. The summed E-state index contributed by atoms with van der Waals surface area (Å²) in [6.45, 7) is 9.11. The first kappa shape index (κ1) is 15.9. The maximum atomic E-state index is 10.9. The lowest BCUT2D eigenvalue weighted by Crippen LogP contribution is -2.24. The molecule has 1 aromatic carbocycles. The van der Waals surface area contributed by atoms with Crippen molar-refractivity contribution in [1.82, 2.24) is 0 Å². The van der Waals surface area contributed by atoms with Gasteiger partial charge in [0, 0.05) is 18.3 Å². The lowest BCUT2D eigenvalue weighted by atomic mass is 9.82. The fourth-order valence-corrected chi connectivity index (χ4v) is 1.55. The molecule has 0 saturated heterocycles. The Hall–Kier alpha value is -2.11. The summed E-state index contributed by atoms with van der Waals surface area (Å²) in [5.41, 5.74) is -0.0203. The first-order chi connectivity index (χ1) is 9.12. The Morgan fingerprint density at radius 1 is 1.45 bits per heavy atom. The van der Waals surface area contributed by atoms with E-state index in [9.17, 15) is 14.9 Å². The van der Waals surface area contributed by atoms with Gasteiger partial charge >= 0.3 is 5.97 Å². The molecular weight excluding hydrogens is 260 g/mol. The zero-order valence-electron chi connectivity index (χ0n) is 12.1. The zero-order chi connectivity index (χ0) is 15.5. The number of hydrogen-bond acceptors (Lipinski definition) is 4. The summed E-state index contributed by atoms with van der Waals surface area (Å²) in [5.74, 6) is -0.938. The van der Waals surface area contributed by atoms with E-state index in [-0.39, 0.29) is 11.0 Å². The summed E-state index contributed by atoms with van der Waals surface area (Å²) in [5, 5.41) is 22.9. The summed E-state index contributed by atoms with van der Waals surface area (Å²) in [6.07, 6.45) is 0. The largest absolute Gasteiger partial charge is 0.477 e. The monoisotopic (exact) mass is 280 g/mol. The van der Waals surface area contributed by atoms with Crippen LogP contribution in [-0.2, 0) is 0 Å². The van der Waals surface area contributed by atoms with E-state index in [2.05, 4.69) is 33.0 Å². The van der Waals surface area contributed by atoms with Crippen molar-refractivity contribution >= 4 is 17.3 Å². The van der Waals surface area contributed by atoms with Crippen LogP contribution in [-0.4, -0.2) is 22.5 Å². The van der Waals surface area contributed by atoms with Crippen LogP contribution in [0.1, 0.15) is 38.1 Å². The second-order valence-electron chi connectivity index (χ2n) is 5.94. The van der Waals surface area contributed by atoms with Gasteiger partial charge < -0.3 is 10.4 Å². The molecule has 6 nitrogen and oxygen atoms in total. The molecule has 6 heteroatoms. The van der Waals surface area contributed by atoms with E-state index in [1.165, 1.54) is 12.1 Å². The molecule has 0 radical (unpaired) electrons. The Morgan fingerprint density at radius 3 is 2.50 bits per heavy atom. The van der Waals surface area contributed by atoms with Crippen molar-refractivity contribution in [1.29, 1.82) is 0 Å². The molecule has 1 rings (SSSR count). The highest BCUT2D eigenvalue weighted by molar-refractivity contribution is 5.93. The van der Waals surface area contributed by atoms with Crippen molar-refractivity contribution in [3.63, 3.8) is 0 Å². The van der Waals surface area contributed by atoms with Crippen LogP contribution < -0.4 is 5.32 Å². The maximum absolute atomic E-state index is 10.9. The third kappa shape index (κ3) is 3.94. The van der Waals surface area contributed by atoms with E-state index in [0.29, 0.717) is 18.2 Å². The SMILES string of the molecule is CC(CNc1ccc(C(=O)O)c([N+](=O)[O-])c1)C(C)(C)C. The second kappa shape index (κ2) is 5.90. The number of carboxylic acids is 1. The number of aromatic carboxylic acids is 1. The molecule has 1 unspecified atom stereocenters. The lowest BCUT2D eigenvalue weighted by Gasteiger charge is -2.27. The number of rotatable bonds is 5. The first-order valence-corrected chi connectivity index (χ1v) is 6.38. The van der Waals surface area contributed by atoms with E-state index >= 15 is 0 Å². The van der Waals surface area contributed by atoms with E-state index < -0.39 is 16.6 Å². The molecule has 20 heavy (non-hydrogen) atoms. The second-order valence-corrected chi connectivity index (χ2v) is 5.94. The molecule has 110 valence electrons. The molecule has 0 aliphatic carbocycles. The van der Waals surface area contributed by atoms with E-state index in [1.54, 1.807) is 6.07 Å². The summed E-state index contributed by atoms with van der Waals surface area (Å²) >= 11 is 0. The van der Waals surface area contributed by atoms with Gasteiger partial charge in [0.05, 0.1) is 4.92 Å². The third-order valence-corrected chi connectivity index (χ3v) is 3.52. The smallest absolute Gasteiger partial charge is 0.342 e. The number of carbonyl (C=O) groups is 1. The van der Waals surface area contributed by atoms with Gasteiger partial charge in [0.15, 0.2) is 0 Å². The topological polar surface area (TPSA) is 92.5 Å². The zero-order valence-corrected chi connectivity index (χ0v) is 12.1. The molecule has 1 aromatic rings. The molecule has 0 aliphatic rings. The van der Waals surface area contributed by atoms with Gasteiger partial charge in [0.25, 0.3) is 5.69 Å². The van der Waals surface area contributed by atoms with Crippen molar-refractivity contribution < 1.29 is 14.8 Å². The molecule has 0 spiro atoms. The molecule has 0 bridgehead atoms. The van der Waals surface area contributed by atoms with Crippen molar-refractivity contribution in [2.75, 3.05) is 11.9 Å². The lowest BCUT2D eigenvalue weighted by molar-refractivity contribution is -0.385. The summed E-state index contributed by atoms with van der Waals surface area (Å²) < 4.78 is 0. The van der Waals surface area contributed by atoms with E-state index in [4.69, 9.17) is 5.11 Å². The van der Waals surface area contributed by atoms with E-state index in [0.717, 1.165) is 0 Å². The highest BCUT2D eigenvalue weighted by Gasteiger charge is 2.22. The Morgan fingerprint density at radius 2 is 2.05 bits per heavy atom. The molecule has 0 fully saturated rings. The molecule has 0 amide bonds. The minimum absolute atomic E-state index is 0.125. The molecule has 2 N–H and O–H groups in total. The Balaban J connectivity index is 2.91. The summed E-state index contributed by atoms with van der Waals surface area (Å²) in [4.78, 5) is 21.1. The van der Waals surface area contributed by atoms with Gasteiger partial charge in [-0.1, -0.05) is 27.7 Å². The highest BCUT2D eigenvalue weighted by Crippen LogP contribution is 2.27. The van der Waals surface area contributed by atoms with Gasteiger partial charge in [-0.3, -0.25) is 10.1 Å². The van der Waals surface area contributed by atoms with Crippen molar-refractivity contribution in [2.24, 2.45) is 11.3 Å². The quantitative estimate of drug-likeness (QED) is 0.637. The van der Waals surface area contributed by atoms with Crippen LogP contribution in [0.5, 0.6) is 0 Å². The first-order valence-electron chi connectivity index (χ1n) is 6.38. The van der Waals surface area contributed by atoms with E-state index in [1.807, 2.05) is 0 Å². The average molecular weight is 280 g/mol. The predicted molar refractivity (Wildman–Crippen MR) is 77.2 cm³/mol. The Bertz CT molecular complexity index is 520. The van der Waals surface area contributed by atoms with Gasteiger partial charge in [0.1, 0.15) is 5.56 Å². The summed E-state index contributed by atoms with van der Waals surface area (Å²) in [6, 6.07) is 4.06. The van der Waals surface area contributed by atoms with Crippen LogP contribution >= 0.6 is 0 Å². The van der Waals surface area contributed by atoms with Crippen molar-refractivity contribution in [3.05, 3.63) is 33.9 Å². The van der Waals surface area contributed by atoms with Crippen molar-refractivity contribution in [2.45, 2.75) is 27.7 Å². The summed E-state index contributed by atoms with van der Waals surface area (Å²) in [7, 11) is 0. The number of nitro benzene ring substituents is 1. The van der Waals surface area contributed by atoms with Gasteiger partial charge in [-0.15, -0.1) is 0 Å². The molecule has 0 aromatic heterocycles. The standard InChI is InChI=1S/C14H20N2O4/c1-9(14(2,3)4)8-15-10-5-6-11(13(17)18)12(7-10)16(19)20/h5-7,9,15H,8H2,1-4H3,(H,17,18). The Labute approximate surface area is 118 Å². The normalized spacial score (nSPS) is 12.8. The van der Waals surface area contributed by atoms with Crippen LogP contribution in [0.25, 0.3) is 0 Å². The molecule has 0 heterocycles. The number of nitrogens with one attached hydrogen (secondary N) is 1. The minimum Gasteiger partial charge on any atom is -0.477 e. The van der Waals surface area contributed by atoms with Crippen LogP contribution in [0.4, 0.5) is 11.4 Å². The maximum Gasteiger partial charge on any atom is 0.342 e. The van der Waals surface area contributed by atoms with Crippen LogP contribution in [0.3, 0.4) is 0 Å².